The summed E-state index contributed by atoms with van der Waals surface area (Å²) >= 11 is 0. The van der Waals surface area contributed by atoms with Crippen LogP contribution in [0.15, 0.2) is 0 Å². The molecule has 0 spiro atoms. The molecule has 0 radical (unpaired) electrons. The molecule has 1 rings (SSSR count). The molecular formula is C8H17N3O. The van der Waals surface area contributed by atoms with Crippen molar-refractivity contribution in [1.29, 1.82) is 0 Å². The van der Waals surface area contributed by atoms with Crippen molar-refractivity contribution in [2.75, 3.05) is 26.2 Å². The second kappa shape index (κ2) is 4.30. The van der Waals surface area contributed by atoms with Gasteiger partial charge in [0.05, 0.1) is 0 Å². The number of carbonyl (C=O) groups is 1. The lowest BCUT2D eigenvalue weighted by Crippen LogP contribution is -2.34. The van der Waals surface area contributed by atoms with Crippen molar-refractivity contribution in [3.63, 3.8) is 0 Å². The Hall–Kier alpha value is -0.770. The quantitative estimate of drug-likeness (QED) is 0.585. The Labute approximate surface area is 73.3 Å². The van der Waals surface area contributed by atoms with Crippen molar-refractivity contribution in [2.24, 2.45) is 0 Å². The highest BCUT2D eigenvalue weighted by Gasteiger charge is 2.24. The van der Waals surface area contributed by atoms with Gasteiger partial charge in [0.1, 0.15) is 0 Å². The first-order chi connectivity index (χ1) is 5.74. The van der Waals surface area contributed by atoms with E-state index < -0.39 is 0 Å². The molecule has 2 N–H and O–H groups in total. The summed E-state index contributed by atoms with van der Waals surface area (Å²) in [4.78, 5) is 13.0. The highest BCUT2D eigenvalue weighted by molar-refractivity contribution is 5.76. The van der Waals surface area contributed by atoms with E-state index in [9.17, 15) is 4.79 Å². The van der Waals surface area contributed by atoms with Crippen molar-refractivity contribution >= 4 is 6.03 Å². The van der Waals surface area contributed by atoms with Gasteiger partial charge in [0, 0.05) is 25.7 Å². The van der Waals surface area contributed by atoms with Gasteiger partial charge in [-0.3, -0.25) is 0 Å². The monoisotopic (exact) mass is 171 g/mol. The average molecular weight is 171 g/mol. The van der Waals surface area contributed by atoms with Gasteiger partial charge >= 0.3 is 6.03 Å². The molecule has 0 aromatic rings. The molecule has 0 aromatic carbocycles. The minimum absolute atomic E-state index is 0.0698. The maximum absolute atomic E-state index is 11.2. The zero-order valence-electron chi connectivity index (χ0n) is 7.76. The molecule has 4 heteroatoms. The largest absolute Gasteiger partial charge is 0.334 e. The molecule has 1 fully saturated rings. The molecule has 0 aromatic heterocycles. The number of amides is 2. The number of urea groups is 1. The van der Waals surface area contributed by atoms with Gasteiger partial charge in [0.2, 0.25) is 0 Å². The molecule has 1 unspecified atom stereocenters. The van der Waals surface area contributed by atoms with E-state index in [-0.39, 0.29) is 6.03 Å². The SMILES string of the molecule is CCNCCN1CC(C)NC1=O. The van der Waals surface area contributed by atoms with E-state index in [0.717, 1.165) is 26.2 Å². The van der Waals surface area contributed by atoms with E-state index in [0.29, 0.717) is 6.04 Å². The fourth-order valence-corrected chi connectivity index (χ4v) is 1.34. The lowest BCUT2D eigenvalue weighted by molar-refractivity contribution is 0.217. The third-order valence-corrected chi connectivity index (χ3v) is 1.96. The standard InChI is InChI=1S/C8H17N3O/c1-3-9-4-5-11-6-7(2)10-8(11)12/h7,9H,3-6H2,1-2H3,(H,10,12). The van der Waals surface area contributed by atoms with Crippen molar-refractivity contribution in [2.45, 2.75) is 19.9 Å². The summed E-state index contributed by atoms with van der Waals surface area (Å²) in [6, 6.07) is 0.375. The Balaban J connectivity index is 2.19. The zero-order valence-corrected chi connectivity index (χ0v) is 7.76. The van der Waals surface area contributed by atoms with Crippen LogP contribution < -0.4 is 10.6 Å². The van der Waals surface area contributed by atoms with E-state index in [1.54, 1.807) is 0 Å². The number of hydrogen-bond donors (Lipinski definition) is 2. The van der Waals surface area contributed by atoms with Crippen LogP contribution in [-0.2, 0) is 0 Å². The molecule has 1 atom stereocenters. The van der Waals surface area contributed by atoms with E-state index in [1.807, 2.05) is 11.8 Å². The maximum atomic E-state index is 11.2. The van der Waals surface area contributed by atoms with Crippen LogP contribution in [0.5, 0.6) is 0 Å². The molecular weight excluding hydrogens is 154 g/mol. The lowest BCUT2D eigenvalue weighted by Gasteiger charge is -2.13. The van der Waals surface area contributed by atoms with Gasteiger partial charge in [-0.25, -0.2) is 4.79 Å². The Kier molecular flexibility index (Phi) is 3.34. The van der Waals surface area contributed by atoms with Crippen LogP contribution >= 0.6 is 0 Å². The Bertz CT molecular complexity index is 160. The molecule has 1 saturated heterocycles. The van der Waals surface area contributed by atoms with Crippen molar-refractivity contribution in [1.82, 2.24) is 15.5 Å². The Morgan fingerprint density at radius 3 is 3.00 bits per heavy atom. The molecule has 2 amide bonds. The zero-order chi connectivity index (χ0) is 8.97. The number of nitrogens with zero attached hydrogens (tertiary/aromatic N) is 1. The molecule has 12 heavy (non-hydrogen) atoms. The normalized spacial score (nSPS) is 23.0. The molecule has 1 heterocycles. The van der Waals surface area contributed by atoms with Gasteiger partial charge in [-0.1, -0.05) is 6.92 Å². The van der Waals surface area contributed by atoms with Gasteiger partial charge in [0.15, 0.2) is 0 Å². The topological polar surface area (TPSA) is 44.4 Å². The highest BCUT2D eigenvalue weighted by Crippen LogP contribution is 2.01. The first-order valence-electron chi connectivity index (χ1n) is 4.50. The second-order valence-corrected chi connectivity index (χ2v) is 3.15. The molecule has 0 aliphatic carbocycles. The van der Waals surface area contributed by atoms with Gasteiger partial charge in [-0.2, -0.15) is 0 Å². The number of rotatable bonds is 4. The minimum atomic E-state index is 0.0698. The van der Waals surface area contributed by atoms with Crippen LogP contribution in [0, 0.1) is 0 Å². The number of hydrogen-bond acceptors (Lipinski definition) is 2. The molecule has 0 bridgehead atoms. The second-order valence-electron chi connectivity index (χ2n) is 3.15. The Morgan fingerprint density at radius 2 is 2.50 bits per heavy atom. The van der Waals surface area contributed by atoms with E-state index in [2.05, 4.69) is 17.6 Å². The summed E-state index contributed by atoms with van der Waals surface area (Å²) in [5.74, 6) is 0. The van der Waals surface area contributed by atoms with Crippen molar-refractivity contribution < 1.29 is 4.79 Å². The molecule has 0 saturated carbocycles. The minimum Gasteiger partial charge on any atom is -0.334 e. The highest BCUT2D eigenvalue weighted by atomic mass is 16.2. The van der Waals surface area contributed by atoms with Gasteiger partial charge in [-0.05, 0) is 13.5 Å². The van der Waals surface area contributed by atoms with E-state index in [4.69, 9.17) is 0 Å². The smallest absolute Gasteiger partial charge is 0.317 e. The van der Waals surface area contributed by atoms with Crippen LogP contribution in [-0.4, -0.2) is 43.2 Å². The lowest BCUT2D eigenvalue weighted by atomic mass is 10.3. The van der Waals surface area contributed by atoms with E-state index in [1.165, 1.54) is 0 Å². The Morgan fingerprint density at radius 1 is 1.75 bits per heavy atom. The number of carbonyl (C=O) groups excluding carboxylic acids is 1. The van der Waals surface area contributed by atoms with Gasteiger partial charge < -0.3 is 15.5 Å². The first kappa shape index (κ1) is 9.32. The summed E-state index contributed by atoms with van der Waals surface area (Å²) in [6.07, 6.45) is 0. The van der Waals surface area contributed by atoms with Crippen molar-refractivity contribution in [3.05, 3.63) is 0 Å². The third-order valence-electron chi connectivity index (χ3n) is 1.96. The van der Waals surface area contributed by atoms with Crippen LogP contribution in [0.25, 0.3) is 0 Å². The molecule has 70 valence electrons. The average Bonchev–Trinajstić information content (AvgIpc) is 2.31. The number of likely N-dealkylation sites (N-methyl/N-ethyl adjacent to an activating group) is 1. The van der Waals surface area contributed by atoms with Crippen LogP contribution in [0.4, 0.5) is 4.79 Å². The van der Waals surface area contributed by atoms with Crippen molar-refractivity contribution in [3.8, 4) is 0 Å². The van der Waals surface area contributed by atoms with Crippen LogP contribution in [0.2, 0.25) is 0 Å². The van der Waals surface area contributed by atoms with Gasteiger partial charge in [0.25, 0.3) is 0 Å². The first-order valence-corrected chi connectivity index (χ1v) is 4.50. The summed E-state index contributed by atoms with van der Waals surface area (Å²) in [6.45, 7) is 7.58. The molecule has 1 aliphatic heterocycles. The summed E-state index contributed by atoms with van der Waals surface area (Å²) in [7, 11) is 0. The summed E-state index contributed by atoms with van der Waals surface area (Å²) < 4.78 is 0. The summed E-state index contributed by atoms with van der Waals surface area (Å²) in [5, 5.41) is 6.04. The molecule has 1 aliphatic rings. The fourth-order valence-electron chi connectivity index (χ4n) is 1.34. The third kappa shape index (κ3) is 2.37. The van der Waals surface area contributed by atoms with Crippen LogP contribution in [0.3, 0.4) is 0 Å². The number of nitrogens with one attached hydrogen (secondary N) is 2. The predicted molar refractivity (Wildman–Crippen MR) is 48.1 cm³/mol. The predicted octanol–water partition coefficient (Wildman–Crippen LogP) is 0.00960. The maximum Gasteiger partial charge on any atom is 0.317 e. The fraction of sp³-hybridized carbons (Fsp3) is 0.875. The molecule has 4 nitrogen and oxygen atoms in total. The van der Waals surface area contributed by atoms with E-state index >= 15 is 0 Å². The van der Waals surface area contributed by atoms with Crippen LogP contribution in [0.1, 0.15) is 13.8 Å². The van der Waals surface area contributed by atoms with Gasteiger partial charge in [-0.15, -0.1) is 0 Å². The summed E-state index contributed by atoms with van der Waals surface area (Å²) in [5.41, 5.74) is 0.